The third-order valence-corrected chi connectivity index (χ3v) is 7.88. The number of nitrogens with one attached hydrogen (secondary N) is 1. The van der Waals surface area contributed by atoms with Crippen LogP contribution < -0.4 is 10.5 Å². The lowest BCUT2D eigenvalue weighted by Gasteiger charge is -2.26. The molecule has 0 aromatic heterocycles. The fourth-order valence-electron chi connectivity index (χ4n) is 4.38. The molecule has 4 rings (SSSR count). The van der Waals surface area contributed by atoms with Crippen molar-refractivity contribution in [3.63, 3.8) is 0 Å². The van der Waals surface area contributed by atoms with Crippen molar-refractivity contribution in [1.29, 1.82) is 0 Å². The van der Waals surface area contributed by atoms with Crippen molar-refractivity contribution < 1.29 is 8.42 Å². The van der Waals surface area contributed by atoms with Crippen LogP contribution in [0.15, 0.2) is 102 Å². The predicted molar refractivity (Wildman–Crippen MR) is 145 cm³/mol. The molecule has 0 unspecified atom stereocenters. The van der Waals surface area contributed by atoms with Crippen LogP contribution in [0.5, 0.6) is 0 Å². The summed E-state index contributed by atoms with van der Waals surface area (Å²) in [6.07, 6.45) is 8.37. The second-order valence-corrected chi connectivity index (χ2v) is 10.9. The lowest BCUT2D eigenvalue weighted by molar-refractivity contribution is 0.369. The highest BCUT2D eigenvalue weighted by molar-refractivity contribution is 7.89. The van der Waals surface area contributed by atoms with Crippen molar-refractivity contribution in [3.8, 4) is 0 Å². The molecule has 6 nitrogen and oxygen atoms in total. The molecule has 0 fully saturated rings. The molecular formula is C29H35N4O2S. The molecule has 0 saturated heterocycles. The molecule has 0 amide bonds. The Labute approximate surface area is 215 Å². The molecular weight excluding hydrogens is 468 g/mol. The van der Waals surface area contributed by atoms with Crippen LogP contribution in [0.1, 0.15) is 48.0 Å². The zero-order chi connectivity index (χ0) is 25.4. The van der Waals surface area contributed by atoms with Crippen molar-refractivity contribution in [3.05, 3.63) is 121 Å². The van der Waals surface area contributed by atoms with E-state index in [4.69, 9.17) is 5.73 Å². The third kappa shape index (κ3) is 6.97. The fraction of sp³-hybridized carbons (Fsp3) is 0.276. The van der Waals surface area contributed by atoms with Gasteiger partial charge in [0.1, 0.15) is 6.67 Å². The van der Waals surface area contributed by atoms with E-state index >= 15 is 0 Å². The predicted octanol–water partition coefficient (Wildman–Crippen LogP) is 4.96. The maximum Gasteiger partial charge on any atom is 0.241 e. The summed E-state index contributed by atoms with van der Waals surface area (Å²) in [6.45, 7) is 3.10. The van der Waals surface area contributed by atoms with Crippen LogP contribution in [0.25, 0.3) is 0 Å². The van der Waals surface area contributed by atoms with Crippen LogP contribution in [0.3, 0.4) is 0 Å². The monoisotopic (exact) mass is 503 g/mol. The fourth-order valence-corrected chi connectivity index (χ4v) is 5.63. The first-order valence-corrected chi connectivity index (χ1v) is 13.9. The molecule has 1 aliphatic rings. The second kappa shape index (κ2) is 12.2. The van der Waals surface area contributed by atoms with Gasteiger partial charge in [0.05, 0.1) is 17.0 Å². The molecule has 2 atom stereocenters. The van der Waals surface area contributed by atoms with Crippen molar-refractivity contribution >= 4 is 10.0 Å². The largest absolute Gasteiger partial charge is 0.356 e. The summed E-state index contributed by atoms with van der Waals surface area (Å²) in [5, 5.41) is 0. The number of nitrogens with zero attached hydrogens (tertiary/aromatic N) is 2. The quantitative estimate of drug-likeness (QED) is 0.342. The van der Waals surface area contributed by atoms with Gasteiger partial charge < -0.3 is 15.5 Å². The highest BCUT2D eigenvalue weighted by Crippen LogP contribution is 2.29. The van der Waals surface area contributed by atoms with E-state index in [1.807, 2.05) is 90.9 Å². The van der Waals surface area contributed by atoms with Crippen molar-refractivity contribution in [2.24, 2.45) is 5.73 Å². The van der Waals surface area contributed by atoms with Gasteiger partial charge in [0.25, 0.3) is 0 Å². The minimum Gasteiger partial charge on any atom is -0.356 e. The zero-order valence-corrected chi connectivity index (χ0v) is 21.5. The number of unbranched alkanes of at least 4 members (excludes halogenated alkanes) is 2. The van der Waals surface area contributed by atoms with Crippen LogP contribution in [0.2, 0.25) is 0 Å². The number of hydrogen-bond donors (Lipinski definition) is 2. The first-order chi connectivity index (χ1) is 17.4. The van der Waals surface area contributed by atoms with E-state index in [2.05, 4.69) is 22.5 Å². The van der Waals surface area contributed by atoms with E-state index in [1.54, 1.807) is 12.1 Å². The summed E-state index contributed by atoms with van der Waals surface area (Å²) in [7, 11) is -1.75. The third-order valence-electron chi connectivity index (χ3n) is 6.42. The first kappa shape index (κ1) is 25.9. The van der Waals surface area contributed by atoms with E-state index in [9.17, 15) is 8.42 Å². The van der Waals surface area contributed by atoms with Gasteiger partial charge in [0, 0.05) is 26.0 Å². The van der Waals surface area contributed by atoms with Gasteiger partial charge in [-0.2, -0.15) is 0 Å². The summed E-state index contributed by atoms with van der Waals surface area (Å²) < 4.78 is 29.5. The highest BCUT2D eigenvalue weighted by atomic mass is 32.2. The van der Waals surface area contributed by atoms with E-state index in [0.29, 0.717) is 0 Å². The summed E-state index contributed by atoms with van der Waals surface area (Å²) in [5.41, 5.74) is 9.40. The van der Waals surface area contributed by atoms with Crippen LogP contribution in [-0.2, 0) is 16.4 Å². The van der Waals surface area contributed by atoms with Crippen molar-refractivity contribution in [2.45, 2.75) is 42.7 Å². The van der Waals surface area contributed by atoms with Crippen LogP contribution in [0.4, 0.5) is 0 Å². The lowest BCUT2D eigenvalue weighted by Crippen LogP contribution is -2.36. The van der Waals surface area contributed by atoms with Crippen molar-refractivity contribution in [1.82, 2.24) is 14.5 Å². The Morgan fingerprint density at radius 2 is 1.44 bits per heavy atom. The number of aryl methyl sites for hydroxylation is 1. The smallest absolute Gasteiger partial charge is 0.241 e. The Morgan fingerprint density at radius 3 is 2.06 bits per heavy atom. The number of nitrogens with two attached hydrogens (primary N) is 1. The molecule has 3 aromatic carbocycles. The number of sulfonamides is 1. The summed E-state index contributed by atoms with van der Waals surface area (Å²) in [5.74, 6) is 0. The second-order valence-electron chi connectivity index (χ2n) is 9.22. The topological polar surface area (TPSA) is 78.7 Å². The molecule has 0 bridgehead atoms. The van der Waals surface area contributed by atoms with Crippen molar-refractivity contribution in [2.75, 3.05) is 13.6 Å². The van der Waals surface area contributed by atoms with E-state index in [1.165, 1.54) is 0 Å². The molecule has 0 saturated carbocycles. The molecule has 3 aromatic rings. The summed E-state index contributed by atoms with van der Waals surface area (Å²) in [6, 6.07) is 25.1. The number of benzene rings is 3. The molecule has 3 N–H and O–H groups in total. The average Bonchev–Trinajstić information content (AvgIpc) is 3.33. The SMILES string of the molecule is CN1[CH]N(CCCCCc2ccc(S(=O)(=O)N[C@@H](c3ccccc3)[C@@H](N)c3ccccc3)cc2)C=C1. The normalized spacial score (nSPS) is 15.3. The molecule has 0 aliphatic carbocycles. The number of hydrogen-bond acceptors (Lipinski definition) is 5. The van der Waals surface area contributed by atoms with Gasteiger partial charge >= 0.3 is 0 Å². The minimum absolute atomic E-state index is 0.243. The average molecular weight is 504 g/mol. The molecule has 7 heteroatoms. The first-order valence-electron chi connectivity index (χ1n) is 12.4. The Hall–Kier alpha value is -3.13. The maximum atomic E-state index is 13.3. The van der Waals surface area contributed by atoms with E-state index in [0.717, 1.165) is 48.9 Å². The molecule has 36 heavy (non-hydrogen) atoms. The molecule has 1 aliphatic heterocycles. The Bertz CT molecular complexity index is 1220. The maximum absolute atomic E-state index is 13.3. The summed E-state index contributed by atoms with van der Waals surface area (Å²) >= 11 is 0. The van der Waals surface area contributed by atoms with E-state index < -0.39 is 22.1 Å². The molecule has 0 spiro atoms. The van der Waals surface area contributed by atoms with Gasteiger partial charge in [-0.3, -0.25) is 0 Å². The lowest BCUT2D eigenvalue weighted by atomic mass is 9.95. The number of rotatable bonds is 12. The molecule has 1 radical (unpaired) electrons. The van der Waals surface area contributed by atoms with Gasteiger partial charge in [-0.25, -0.2) is 13.1 Å². The minimum atomic E-state index is -3.77. The van der Waals surface area contributed by atoms with Gasteiger partial charge in [-0.05, 0) is 48.1 Å². The van der Waals surface area contributed by atoms with Crippen LogP contribution in [0, 0.1) is 6.67 Å². The van der Waals surface area contributed by atoms with Gasteiger partial charge in [-0.15, -0.1) is 0 Å². The Kier molecular flexibility index (Phi) is 8.80. The van der Waals surface area contributed by atoms with E-state index in [-0.39, 0.29) is 4.90 Å². The summed E-state index contributed by atoms with van der Waals surface area (Å²) in [4.78, 5) is 4.48. The van der Waals surface area contributed by atoms with Gasteiger partial charge in [-0.1, -0.05) is 79.2 Å². The van der Waals surface area contributed by atoms with Gasteiger partial charge in [0.2, 0.25) is 10.0 Å². The Balaban J connectivity index is 1.36. The van der Waals surface area contributed by atoms with Crippen LogP contribution >= 0.6 is 0 Å². The Morgan fingerprint density at radius 1 is 0.806 bits per heavy atom. The molecule has 189 valence electrons. The molecule has 1 heterocycles. The zero-order valence-electron chi connectivity index (χ0n) is 20.7. The standard InChI is InChI=1S/C29H35N4O2S/c1-32-21-22-33(23-32)20-10-4-5-11-24-16-18-27(19-17-24)36(34,35)31-29(26-14-8-3-9-15-26)28(30)25-12-6-2-7-13-25/h2-3,6-9,12-19,21-23,28-29,31H,4-5,10-11,20,30H2,1H3/t28-,29-/m0/s1. The van der Waals surface area contributed by atoms with Crippen LogP contribution in [-0.4, -0.2) is 31.8 Å². The highest BCUT2D eigenvalue weighted by Gasteiger charge is 2.27. The van der Waals surface area contributed by atoms with Gasteiger partial charge in [0.15, 0.2) is 0 Å².